The van der Waals surface area contributed by atoms with Crippen LogP contribution < -0.4 is 4.74 Å². The van der Waals surface area contributed by atoms with Crippen LogP contribution in [0, 0.1) is 0 Å². The van der Waals surface area contributed by atoms with E-state index >= 15 is 0 Å². The highest BCUT2D eigenvalue weighted by Crippen LogP contribution is 2.32. The monoisotopic (exact) mass is 620 g/mol. The number of ether oxygens (including phenoxy) is 6. The van der Waals surface area contributed by atoms with E-state index in [2.05, 4.69) is 0 Å². The Bertz CT molecular complexity index is 1180. The van der Waals surface area contributed by atoms with Gasteiger partial charge in [-0.3, -0.25) is 14.6 Å². The molecule has 3 rings (SSSR count). The zero-order chi connectivity index (χ0) is 33.0. The first-order valence-electron chi connectivity index (χ1n) is 15.0. The maximum Gasteiger partial charge on any atom is 0.509 e. The molecule has 0 radical (unpaired) electrons. The summed E-state index contributed by atoms with van der Waals surface area (Å²) < 4.78 is 33.5. The summed E-state index contributed by atoms with van der Waals surface area (Å²) in [6.45, 7) is 15.1. The second kappa shape index (κ2) is 13.5. The van der Waals surface area contributed by atoms with Crippen molar-refractivity contribution in [1.82, 2.24) is 9.80 Å². The van der Waals surface area contributed by atoms with Gasteiger partial charge in [0.2, 0.25) is 0 Å². The van der Waals surface area contributed by atoms with Crippen molar-refractivity contribution in [3.63, 3.8) is 0 Å². The fraction of sp³-hybridized carbons (Fsp3) is 0.688. The summed E-state index contributed by atoms with van der Waals surface area (Å²) in [4.78, 5) is 55.4. The average Bonchev–Trinajstić information content (AvgIpc) is 3.65. The van der Waals surface area contributed by atoms with Crippen LogP contribution >= 0.6 is 0 Å². The van der Waals surface area contributed by atoms with Crippen LogP contribution in [0.4, 0.5) is 14.4 Å². The molecule has 1 aromatic rings. The van der Waals surface area contributed by atoms with Crippen LogP contribution in [-0.2, 0) is 34.9 Å². The first-order chi connectivity index (χ1) is 20.2. The van der Waals surface area contributed by atoms with E-state index in [1.54, 1.807) is 81.6 Å². The molecule has 1 saturated heterocycles. The van der Waals surface area contributed by atoms with Crippen molar-refractivity contribution in [2.45, 2.75) is 123 Å². The summed E-state index contributed by atoms with van der Waals surface area (Å²) in [5.74, 6) is -0.0723. The van der Waals surface area contributed by atoms with Crippen LogP contribution in [0.15, 0.2) is 24.3 Å². The highest BCUT2D eigenvalue weighted by Gasteiger charge is 2.50. The van der Waals surface area contributed by atoms with Gasteiger partial charge in [-0.2, -0.15) is 0 Å². The standard InChI is InChI=1S/C32H48N2O10/c1-30(2,3)42-27(36)33(21-13-14-21)19-25(35)41-26-23(17-20-11-15-22(39-10)16-12-20)34(28(37)43-31(4,5)6)18-24(26)40-29(38)44-32(7,8)9/h11-12,15-16,21,23-24,26H,13-14,17-19H2,1-10H3/t23-,24+,26?/m1/s1. The highest BCUT2D eigenvalue weighted by atomic mass is 16.7. The smallest absolute Gasteiger partial charge is 0.497 e. The molecule has 2 aliphatic rings. The molecule has 246 valence electrons. The van der Waals surface area contributed by atoms with Gasteiger partial charge in [-0.05, 0) is 99.3 Å². The van der Waals surface area contributed by atoms with Gasteiger partial charge >= 0.3 is 24.3 Å². The SMILES string of the molecule is COc1ccc(C[C@@H]2C(OC(=O)CN(C(=O)OC(C)(C)C)C3CC3)[C@@H](OC(=O)OC(C)(C)C)CN2C(=O)OC(C)(C)C)cc1. The van der Waals surface area contributed by atoms with Crippen molar-refractivity contribution in [3.8, 4) is 5.75 Å². The minimum absolute atomic E-state index is 0.106. The summed E-state index contributed by atoms with van der Waals surface area (Å²) in [6.07, 6.45) is -2.67. The van der Waals surface area contributed by atoms with Crippen LogP contribution in [0.1, 0.15) is 80.7 Å². The number of carbonyl (C=O) groups is 4. The Morgan fingerprint density at radius 2 is 1.39 bits per heavy atom. The van der Waals surface area contributed by atoms with Gasteiger partial charge in [-0.15, -0.1) is 0 Å². The lowest BCUT2D eigenvalue weighted by molar-refractivity contribution is -0.157. The van der Waals surface area contributed by atoms with Crippen molar-refractivity contribution in [3.05, 3.63) is 29.8 Å². The summed E-state index contributed by atoms with van der Waals surface area (Å²) in [6, 6.07) is 6.33. The van der Waals surface area contributed by atoms with Crippen LogP contribution in [-0.4, -0.2) is 95.4 Å². The van der Waals surface area contributed by atoms with Crippen molar-refractivity contribution in [1.29, 1.82) is 0 Å². The molecule has 12 heteroatoms. The van der Waals surface area contributed by atoms with Crippen molar-refractivity contribution >= 4 is 24.3 Å². The zero-order valence-electron chi connectivity index (χ0n) is 27.6. The largest absolute Gasteiger partial charge is 0.509 e. The van der Waals surface area contributed by atoms with Crippen LogP contribution in [0.5, 0.6) is 5.75 Å². The Kier molecular flexibility index (Phi) is 10.7. The first kappa shape index (κ1) is 34.8. The zero-order valence-corrected chi connectivity index (χ0v) is 27.6. The van der Waals surface area contributed by atoms with Gasteiger partial charge in [0, 0.05) is 6.04 Å². The van der Waals surface area contributed by atoms with Gasteiger partial charge in [0.1, 0.15) is 29.1 Å². The maximum absolute atomic E-state index is 13.5. The van der Waals surface area contributed by atoms with E-state index in [9.17, 15) is 19.2 Å². The van der Waals surface area contributed by atoms with Crippen molar-refractivity contribution in [2.75, 3.05) is 20.2 Å². The predicted octanol–water partition coefficient (Wildman–Crippen LogP) is 5.49. The molecule has 2 amide bonds. The molecule has 1 aromatic carbocycles. The van der Waals surface area contributed by atoms with Gasteiger partial charge in [0.25, 0.3) is 0 Å². The van der Waals surface area contributed by atoms with Gasteiger partial charge in [-0.25, -0.2) is 14.4 Å². The molecular formula is C32H48N2O10. The van der Waals surface area contributed by atoms with E-state index in [1.165, 1.54) is 9.80 Å². The fourth-order valence-electron chi connectivity index (χ4n) is 4.65. The third kappa shape index (κ3) is 10.8. The van der Waals surface area contributed by atoms with Crippen LogP contribution in [0.2, 0.25) is 0 Å². The number of methoxy groups -OCH3 is 1. The molecule has 0 aromatic heterocycles. The van der Waals surface area contributed by atoms with Gasteiger partial charge in [-0.1, -0.05) is 12.1 Å². The number of carbonyl (C=O) groups excluding carboxylic acids is 4. The second-order valence-electron chi connectivity index (χ2n) is 14.2. The molecule has 1 unspecified atom stereocenters. The summed E-state index contributed by atoms with van der Waals surface area (Å²) in [7, 11) is 1.56. The number of esters is 1. The number of hydrogen-bond acceptors (Lipinski definition) is 10. The molecule has 1 saturated carbocycles. The number of rotatable bonds is 8. The molecule has 0 spiro atoms. The molecule has 0 N–H and O–H groups in total. The topological polar surface area (TPSA) is 130 Å². The Labute approximate surface area is 260 Å². The van der Waals surface area contributed by atoms with E-state index in [0.29, 0.717) is 5.75 Å². The average molecular weight is 621 g/mol. The Morgan fingerprint density at radius 3 is 1.89 bits per heavy atom. The lowest BCUT2D eigenvalue weighted by Gasteiger charge is -2.31. The van der Waals surface area contributed by atoms with Crippen LogP contribution in [0.25, 0.3) is 0 Å². The lowest BCUT2D eigenvalue weighted by atomic mass is 10.0. The second-order valence-corrected chi connectivity index (χ2v) is 14.2. The van der Waals surface area contributed by atoms with Crippen molar-refractivity contribution in [2.24, 2.45) is 0 Å². The maximum atomic E-state index is 13.5. The van der Waals surface area contributed by atoms with Gasteiger partial charge in [0.05, 0.1) is 19.7 Å². The molecule has 2 fully saturated rings. The third-order valence-corrected chi connectivity index (χ3v) is 6.57. The number of benzene rings is 1. The number of amides is 2. The lowest BCUT2D eigenvalue weighted by Crippen LogP contribution is -2.47. The first-order valence-corrected chi connectivity index (χ1v) is 15.0. The third-order valence-electron chi connectivity index (χ3n) is 6.57. The Morgan fingerprint density at radius 1 is 0.818 bits per heavy atom. The summed E-state index contributed by atoms with van der Waals surface area (Å²) in [5, 5.41) is 0. The van der Waals surface area contributed by atoms with E-state index < -0.39 is 59.4 Å². The minimum Gasteiger partial charge on any atom is -0.497 e. The van der Waals surface area contributed by atoms with Crippen LogP contribution in [0.3, 0.4) is 0 Å². The number of hydrogen-bond donors (Lipinski definition) is 0. The number of nitrogens with zero attached hydrogens (tertiary/aromatic N) is 2. The van der Waals surface area contributed by atoms with Gasteiger partial charge < -0.3 is 28.4 Å². The molecule has 3 atom stereocenters. The van der Waals surface area contributed by atoms with Crippen molar-refractivity contribution < 1.29 is 47.6 Å². The Hall–Kier alpha value is -3.70. The molecule has 1 heterocycles. The summed E-state index contributed by atoms with van der Waals surface area (Å²) >= 11 is 0. The Balaban J connectivity index is 1.93. The predicted molar refractivity (Wildman–Crippen MR) is 160 cm³/mol. The van der Waals surface area contributed by atoms with Gasteiger partial charge in [0.15, 0.2) is 12.2 Å². The summed E-state index contributed by atoms with van der Waals surface area (Å²) in [5.41, 5.74) is -1.58. The molecule has 0 bridgehead atoms. The molecular weight excluding hydrogens is 572 g/mol. The molecule has 44 heavy (non-hydrogen) atoms. The quantitative estimate of drug-likeness (QED) is 0.272. The van der Waals surface area contributed by atoms with E-state index in [-0.39, 0.29) is 25.6 Å². The normalized spacial score (nSPS) is 20.4. The molecule has 1 aliphatic heterocycles. The molecule has 12 nitrogen and oxygen atoms in total. The van der Waals surface area contributed by atoms with E-state index in [4.69, 9.17) is 28.4 Å². The highest BCUT2D eigenvalue weighted by molar-refractivity contribution is 5.79. The fourth-order valence-corrected chi connectivity index (χ4v) is 4.65. The molecule has 1 aliphatic carbocycles. The van der Waals surface area contributed by atoms with E-state index in [0.717, 1.165) is 18.4 Å². The van der Waals surface area contributed by atoms with E-state index in [1.807, 2.05) is 12.1 Å². The minimum atomic E-state index is -1.09. The number of likely N-dealkylation sites (tertiary alicyclic amines) is 1.